The fraction of sp³-hybridized carbons (Fsp3) is 0.385. The standard InChI is InChI=1S/C13H15N3OS/c1-9-15-13(16-17-9)8-14-11-6-7-18-12-5-3-2-4-10(11)12/h2-5,11,14H,6-8H2,1H3. The van der Waals surface area contributed by atoms with Gasteiger partial charge in [0.2, 0.25) is 5.89 Å². The summed E-state index contributed by atoms with van der Waals surface area (Å²) in [6, 6.07) is 8.96. The van der Waals surface area contributed by atoms with E-state index < -0.39 is 0 Å². The summed E-state index contributed by atoms with van der Waals surface area (Å²) >= 11 is 1.93. The number of hydrogen-bond acceptors (Lipinski definition) is 5. The van der Waals surface area contributed by atoms with Crippen molar-refractivity contribution in [3.05, 3.63) is 41.5 Å². The molecule has 5 heteroatoms. The van der Waals surface area contributed by atoms with E-state index >= 15 is 0 Å². The maximum Gasteiger partial charge on any atom is 0.223 e. The minimum absolute atomic E-state index is 0.390. The Bertz CT molecular complexity index is 541. The molecule has 0 saturated heterocycles. The predicted octanol–water partition coefficient (Wildman–Crippen LogP) is 2.70. The molecule has 1 aliphatic rings. The minimum atomic E-state index is 0.390. The van der Waals surface area contributed by atoms with Crippen molar-refractivity contribution in [1.82, 2.24) is 15.5 Å². The molecule has 4 nitrogen and oxygen atoms in total. The van der Waals surface area contributed by atoms with Crippen molar-refractivity contribution in [2.45, 2.75) is 30.8 Å². The second-order valence-electron chi connectivity index (χ2n) is 4.34. The van der Waals surface area contributed by atoms with Crippen LogP contribution in [0.2, 0.25) is 0 Å². The highest BCUT2D eigenvalue weighted by Gasteiger charge is 2.20. The third-order valence-corrected chi connectivity index (χ3v) is 4.16. The molecular formula is C13H15N3OS. The molecule has 1 N–H and O–H groups in total. The van der Waals surface area contributed by atoms with Crippen molar-refractivity contribution >= 4 is 11.8 Å². The molecule has 2 heterocycles. The lowest BCUT2D eigenvalue weighted by Crippen LogP contribution is -2.24. The van der Waals surface area contributed by atoms with Gasteiger partial charge in [-0.05, 0) is 23.8 Å². The van der Waals surface area contributed by atoms with E-state index in [1.807, 2.05) is 18.7 Å². The van der Waals surface area contributed by atoms with E-state index in [4.69, 9.17) is 4.52 Å². The van der Waals surface area contributed by atoms with E-state index in [1.54, 1.807) is 0 Å². The van der Waals surface area contributed by atoms with E-state index in [-0.39, 0.29) is 0 Å². The number of thioether (sulfide) groups is 1. The van der Waals surface area contributed by atoms with Gasteiger partial charge in [0.25, 0.3) is 0 Å². The molecule has 18 heavy (non-hydrogen) atoms. The summed E-state index contributed by atoms with van der Waals surface area (Å²) in [6.07, 6.45) is 1.14. The summed E-state index contributed by atoms with van der Waals surface area (Å²) < 4.78 is 4.97. The molecule has 0 saturated carbocycles. The van der Waals surface area contributed by atoms with Crippen LogP contribution in [-0.2, 0) is 6.54 Å². The summed E-state index contributed by atoms with van der Waals surface area (Å²) in [5, 5.41) is 7.41. The molecule has 1 aromatic heterocycles. The fourth-order valence-electron chi connectivity index (χ4n) is 2.18. The summed E-state index contributed by atoms with van der Waals surface area (Å²) in [6.45, 7) is 2.46. The first kappa shape index (κ1) is 11.7. The second-order valence-corrected chi connectivity index (χ2v) is 5.47. The first-order chi connectivity index (χ1) is 8.83. The molecule has 1 atom stereocenters. The van der Waals surface area contributed by atoms with Crippen LogP contribution in [0.25, 0.3) is 0 Å². The summed E-state index contributed by atoms with van der Waals surface area (Å²) in [5.41, 5.74) is 1.38. The normalized spacial score (nSPS) is 18.6. The number of hydrogen-bond donors (Lipinski definition) is 1. The predicted molar refractivity (Wildman–Crippen MR) is 70.4 cm³/mol. The Morgan fingerprint density at radius 2 is 2.33 bits per heavy atom. The number of fused-ring (bicyclic) bond motifs is 1. The Labute approximate surface area is 110 Å². The Hall–Kier alpha value is -1.33. The first-order valence-corrected chi connectivity index (χ1v) is 7.06. The molecule has 0 spiro atoms. The number of nitrogens with zero attached hydrogens (tertiary/aromatic N) is 2. The van der Waals surface area contributed by atoms with Crippen molar-refractivity contribution in [3.63, 3.8) is 0 Å². The lowest BCUT2D eigenvalue weighted by Gasteiger charge is -2.25. The smallest absolute Gasteiger partial charge is 0.223 e. The highest BCUT2D eigenvalue weighted by Crippen LogP contribution is 2.35. The van der Waals surface area contributed by atoms with Crippen molar-refractivity contribution in [1.29, 1.82) is 0 Å². The Kier molecular flexibility index (Phi) is 3.34. The highest BCUT2D eigenvalue weighted by atomic mass is 32.2. The van der Waals surface area contributed by atoms with Crippen LogP contribution in [0.3, 0.4) is 0 Å². The maximum absolute atomic E-state index is 4.97. The molecule has 0 amide bonds. The Morgan fingerprint density at radius 3 is 3.17 bits per heavy atom. The van der Waals surface area contributed by atoms with Crippen LogP contribution in [0.1, 0.15) is 29.7 Å². The average Bonchev–Trinajstić information content (AvgIpc) is 2.82. The molecule has 94 valence electrons. The lowest BCUT2D eigenvalue weighted by molar-refractivity contribution is 0.382. The van der Waals surface area contributed by atoms with Gasteiger partial charge in [-0.2, -0.15) is 4.98 Å². The Balaban J connectivity index is 1.71. The van der Waals surface area contributed by atoms with Crippen LogP contribution in [0.5, 0.6) is 0 Å². The van der Waals surface area contributed by atoms with E-state index in [1.165, 1.54) is 10.5 Å². The zero-order valence-corrected chi connectivity index (χ0v) is 11.0. The zero-order chi connectivity index (χ0) is 12.4. The molecule has 3 rings (SSSR count). The monoisotopic (exact) mass is 261 g/mol. The number of nitrogens with one attached hydrogen (secondary N) is 1. The van der Waals surface area contributed by atoms with Gasteiger partial charge >= 0.3 is 0 Å². The van der Waals surface area contributed by atoms with Crippen LogP contribution in [0, 0.1) is 6.92 Å². The second kappa shape index (κ2) is 5.12. The van der Waals surface area contributed by atoms with Crippen LogP contribution < -0.4 is 5.32 Å². The van der Waals surface area contributed by atoms with E-state index in [0.717, 1.165) is 18.0 Å². The summed E-state index contributed by atoms with van der Waals surface area (Å²) in [5.74, 6) is 2.49. The van der Waals surface area contributed by atoms with Gasteiger partial charge in [-0.1, -0.05) is 23.4 Å². The van der Waals surface area contributed by atoms with Crippen LogP contribution in [0.15, 0.2) is 33.7 Å². The average molecular weight is 261 g/mol. The topological polar surface area (TPSA) is 51.0 Å². The van der Waals surface area contributed by atoms with E-state index in [2.05, 4.69) is 39.7 Å². The van der Waals surface area contributed by atoms with Crippen molar-refractivity contribution in [2.24, 2.45) is 0 Å². The third-order valence-electron chi connectivity index (χ3n) is 3.03. The summed E-state index contributed by atoms with van der Waals surface area (Å²) in [4.78, 5) is 5.59. The summed E-state index contributed by atoms with van der Waals surface area (Å²) in [7, 11) is 0. The molecule has 1 unspecified atom stereocenters. The molecule has 2 aromatic rings. The Morgan fingerprint density at radius 1 is 1.44 bits per heavy atom. The van der Waals surface area contributed by atoms with Gasteiger partial charge in [0, 0.05) is 17.9 Å². The van der Waals surface area contributed by atoms with Crippen molar-refractivity contribution in [2.75, 3.05) is 5.75 Å². The van der Waals surface area contributed by atoms with Crippen LogP contribution in [-0.4, -0.2) is 15.9 Å². The quantitative estimate of drug-likeness (QED) is 0.920. The number of aromatic nitrogens is 2. The highest BCUT2D eigenvalue weighted by molar-refractivity contribution is 7.99. The molecule has 0 fully saturated rings. The molecule has 0 aliphatic carbocycles. The zero-order valence-electron chi connectivity index (χ0n) is 10.2. The van der Waals surface area contributed by atoms with Gasteiger partial charge in [0.05, 0.1) is 6.54 Å². The first-order valence-electron chi connectivity index (χ1n) is 6.07. The molecular weight excluding hydrogens is 246 g/mol. The third kappa shape index (κ3) is 2.42. The number of aryl methyl sites for hydroxylation is 1. The number of benzene rings is 1. The SMILES string of the molecule is Cc1nc(CNC2CCSc3ccccc32)no1. The largest absolute Gasteiger partial charge is 0.340 e. The number of rotatable bonds is 3. The van der Waals surface area contributed by atoms with Crippen LogP contribution >= 0.6 is 11.8 Å². The van der Waals surface area contributed by atoms with Gasteiger partial charge in [-0.15, -0.1) is 11.8 Å². The molecule has 0 radical (unpaired) electrons. The van der Waals surface area contributed by atoms with Crippen LogP contribution in [0.4, 0.5) is 0 Å². The molecule has 1 aliphatic heterocycles. The van der Waals surface area contributed by atoms with Crippen molar-refractivity contribution < 1.29 is 4.52 Å². The maximum atomic E-state index is 4.97. The van der Waals surface area contributed by atoms with Gasteiger partial charge in [0.1, 0.15) is 0 Å². The van der Waals surface area contributed by atoms with Gasteiger partial charge in [-0.25, -0.2) is 0 Å². The molecule has 1 aromatic carbocycles. The van der Waals surface area contributed by atoms with E-state index in [9.17, 15) is 0 Å². The minimum Gasteiger partial charge on any atom is -0.340 e. The van der Waals surface area contributed by atoms with Crippen molar-refractivity contribution in [3.8, 4) is 0 Å². The van der Waals surface area contributed by atoms with E-state index in [0.29, 0.717) is 18.5 Å². The van der Waals surface area contributed by atoms with Gasteiger partial charge in [0.15, 0.2) is 5.82 Å². The van der Waals surface area contributed by atoms with Gasteiger partial charge in [-0.3, -0.25) is 0 Å². The molecule has 0 bridgehead atoms. The lowest BCUT2D eigenvalue weighted by atomic mass is 10.0. The fourth-order valence-corrected chi connectivity index (χ4v) is 3.31. The van der Waals surface area contributed by atoms with Gasteiger partial charge < -0.3 is 9.84 Å².